The van der Waals surface area contributed by atoms with E-state index >= 15 is 0 Å². The van der Waals surface area contributed by atoms with Gasteiger partial charge in [-0.3, -0.25) is 14.1 Å². The summed E-state index contributed by atoms with van der Waals surface area (Å²) in [5, 5.41) is 0.566. The zero-order valence-corrected chi connectivity index (χ0v) is 41.9. The average Bonchev–Trinajstić information content (AvgIpc) is 3.74. The molecule has 1 saturated heterocycles. The van der Waals surface area contributed by atoms with Crippen LogP contribution in [0.5, 0.6) is 5.75 Å². The molecule has 4 heterocycles. The Morgan fingerprint density at radius 2 is 1.46 bits per heavy atom. The fourth-order valence-electron chi connectivity index (χ4n) is 9.30. The molecule has 0 saturated carbocycles. The molecule has 0 atom stereocenters. The number of hydrogen-bond donors (Lipinski definition) is 1. The zero-order chi connectivity index (χ0) is 50.1. The number of anilines is 1. The maximum atomic E-state index is 12.6. The van der Waals surface area contributed by atoms with Crippen molar-refractivity contribution in [3.05, 3.63) is 101 Å². The molecular weight excluding hydrogens is 919 g/mol. The quantitative estimate of drug-likeness (QED) is 0.0378. The lowest BCUT2D eigenvalue weighted by molar-refractivity contribution is -0.438. The van der Waals surface area contributed by atoms with Crippen LogP contribution in [-0.2, 0) is 58.4 Å². The normalized spacial score (nSPS) is 17.6. The van der Waals surface area contributed by atoms with Crippen LogP contribution in [0.25, 0.3) is 16.9 Å². The first-order valence-electron chi connectivity index (χ1n) is 24.0. The summed E-state index contributed by atoms with van der Waals surface area (Å²) in [6.45, 7) is 16.1. The summed E-state index contributed by atoms with van der Waals surface area (Å²) in [6.07, 6.45) is 8.27. The minimum absolute atomic E-state index is 0.0259. The monoisotopic (exact) mass is 984 g/mol. The van der Waals surface area contributed by atoms with Crippen LogP contribution in [0.2, 0.25) is 0 Å². The topological polar surface area (TPSA) is 180 Å². The molecule has 0 bridgehead atoms. The molecule has 3 aromatic rings. The summed E-state index contributed by atoms with van der Waals surface area (Å²) < 4.78 is 71.8. The van der Waals surface area contributed by atoms with E-state index in [1.807, 2.05) is 50.3 Å². The molecule has 4 aliphatic rings. The number of fused-ring (bicyclic) bond motifs is 3. The fraction of sp³-hybridized carbons (Fsp3) is 0.472. The summed E-state index contributed by atoms with van der Waals surface area (Å²) in [4.78, 5) is 43.8. The number of carbonyl (C=O) groups is 3. The molecule has 0 aliphatic carbocycles. The third kappa shape index (κ3) is 12.5. The van der Waals surface area contributed by atoms with Crippen molar-refractivity contribution in [3.63, 3.8) is 0 Å². The van der Waals surface area contributed by atoms with Crippen LogP contribution < -0.4 is 9.64 Å². The van der Waals surface area contributed by atoms with Crippen LogP contribution in [0.4, 0.5) is 11.4 Å². The zero-order valence-electron chi connectivity index (χ0n) is 41.1. The number of hydroxylamine groups is 2. The second-order valence-corrected chi connectivity index (χ2v) is 20.1. The molecule has 376 valence electrons. The van der Waals surface area contributed by atoms with Crippen LogP contribution in [-0.4, -0.2) is 131 Å². The van der Waals surface area contributed by atoms with E-state index in [0.29, 0.717) is 108 Å². The van der Waals surface area contributed by atoms with Gasteiger partial charge in [0.2, 0.25) is 5.69 Å². The first-order valence-corrected chi connectivity index (χ1v) is 25.4. The van der Waals surface area contributed by atoms with Gasteiger partial charge >= 0.3 is 5.97 Å². The highest BCUT2D eigenvalue weighted by molar-refractivity contribution is 7.85. The molecular formula is C53H66N3O13S+. The highest BCUT2D eigenvalue weighted by atomic mass is 32.2. The maximum absolute atomic E-state index is 12.6. The Morgan fingerprint density at radius 1 is 0.814 bits per heavy atom. The first kappa shape index (κ1) is 52.3. The van der Waals surface area contributed by atoms with E-state index in [-0.39, 0.29) is 29.7 Å². The van der Waals surface area contributed by atoms with Gasteiger partial charge in [-0.2, -0.15) is 13.0 Å². The van der Waals surface area contributed by atoms with Crippen LogP contribution in [0.1, 0.15) is 95.4 Å². The number of ether oxygens (including phenoxy) is 6. The van der Waals surface area contributed by atoms with Gasteiger partial charge in [0.05, 0.1) is 75.3 Å². The average molecular weight is 985 g/mol. The minimum atomic E-state index is -4.50. The lowest BCUT2D eigenvalue weighted by atomic mass is 9.80. The SMILES string of the molecule is COCCOCCOCCOCCOCCN1c2cc3c(cc2C(C)=CC1(C)C)/C(=C/C1=[N+](CCCCCC(=O)ON2C(=O)CCC2=O)c2ccc(S(=O)(=O)O)cc2C1(C)C)C=C(c1ccccc1)O3. The van der Waals surface area contributed by atoms with Gasteiger partial charge in [0.25, 0.3) is 21.9 Å². The van der Waals surface area contributed by atoms with Gasteiger partial charge in [0, 0.05) is 85.5 Å². The van der Waals surface area contributed by atoms with Gasteiger partial charge in [0.1, 0.15) is 18.1 Å². The van der Waals surface area contributed by atoms with E-state index < -0.39 is 33.3 Å². The predicted molar refractivity (Wildman–Crippen MR) is 264 cm³/mol. The number of nitrogens with zero attached hydrogens (tertiary/aromatic N) is 3. The van der Waals surface area contributed by atoms with Crippen LogP contribution in [0.3, 0.4) is 0 Å². The summed E-state index contributed by atoms with van der Waals surface area (Å²) in [7, 11) is -2.86. The molecule has 1 N–H and O–H groups in total. The van der Waals surface area contributed by atoms with Crippen LogP contribution in [0, 0.1) is 0 Å². The van der Waals surface area contributed by atoms with Crippen molar-refractivity contribution in [2.75, 3.05) is 84.6 Å². The number of methoxy groups -OCH3 is 1. The largest absolute Gasteiger partial charge is 0.456 e. The molecule has 3 aromatic carbocycles. The van der Waals surface area contributed by atoms with E-state index in [0.717, 1.165) is 50.5 Å². The molecule has 17 heteroatoms. The Morgan fingerprint density at radius 3 is 2.10 bits per heavy atom. The van der Waals surface area contributed by atoms with Crippen LogP contribution in [0.15, 0.2) is 83.8 Å². The number of hydrogen-bond acceptors (Lipinski definition) is 13. The van der Waals surface area contributed by atoms with Crippen molar-refractivity contribution >= 4 is 61.9 Å². The number of unbranched alkanes of at least 4 members (excludes halogenated alkanes) is 2. The van der Waals surface area contributed by atoms with Crippen LogP contribution >= 0.6 is 0 Å². The maximum Gasteiger partial charge on any atom is 0.333 e. The lowest BCUT2D eigenvalue weighted by Gasteiger charge is -2.44. The molecule has 0 radical (unpaired) electrons. The highest BCUT2D eigenvalue weighted by Crippen LogP contribution is 2.48. The summed E-state index contributed by atoms with van der Waals surface area (Å²) in [5.41, 5.74) is 7.22. The van der Waals surface area contributed by atoms with Gasteiger partial charge in [-0.15, -0.1) is 5.06 Å². The van der Waals surface area contributed by atoms with Crippen molar-refractivity contribution in [1.29, 1.82) is 0 Å². The molecule has 2 amide bonds. The Bertz CT molecular complexity index is 2640. The van der Waals surface area contributed by atoms with Crippen molar-refractivity contribution in [2.24, 2.45) is 0 Å². The van der Waals surface area contributed by atoms with E-state index in [2.05, 4.69) is 54.5 Å². The Kier molecular flexibility index (Phi) is 17.3. The number of carbonyl (C=O) groups excluding carboxylic acids is 3. The lowest BCUT2D eigenvalue weighted by Crippen LogP contribution is -2.47. The van der Waals surface area contributed by atoms with Gasteiger partial charge in [-0.25, -0.2) is 4.79 Å². The van der Waals surface area contributed by atoms with E-state index in [1.165, 1.54) is 6.07 Å². The first-order chi connectivity index (χ1) is 33.5. The van der Waals surface area contributed by atoms with E-state index in [9.17, 15) is 27.4 Å². The minimum Gasteiger partial charge on any atom is -0.456 e. The molecule has 7 rings (SSSR count). The van der Waals surface area contributed by atoms with Gasteiger partial charge < -0.3 is 38.2 Å². The summed E-state index contributed by atoms with van der Waals surface area (Å²) in [5.74, 6) is -0.345. The van der Waals surface area contributed by atoms with Crippen molar-refractivity contribution in [3.8, 4) is 5.75 Å². The van der Waals surface area contributed by atoms with Gasteiger partial charge in [0.15, 0.2) is 5.71 Å². The standard InChI is InChI=1S/C53H65N3O13S/c1-37-36-52(2,3)55(21-22-64-25-26-66-29-30-67-28-27-65-24-23-63-6)45-35-47-42(34-41(37)45)39(31-46(68-47)38-13-9-7-10-14-38)32-48-53(4,5)43-33-40(70(60,61)62)16-17-44(43)54(48)20-12-8-11-15-51(59)69-56-49(57)18-19-50(56)58/h7,9-10,13-14,16-17,31-36H,8,11-12,15,18-30H2,1-6H3/p+1. The number of rotatable bonds is 25. The number of allylic oxidation sites excluding steroid dienone is 4. The molecule has 0 unspecified atom stereocenters. The third-order valence-corrected chi connectivity index (χ3v) is 13.7. The fourth-order valence-corrected chi connectivity index (χ4v) is 9.81. The van der Waals surface area contributed by atoms with Gasteiger partial charge in [-0.1, -0.05) is 36.4 Å². The molecule has 0 aromatic heterocycles. The van der Waals surface area contributed by atoms with Crippen molar-refractivity contribution in [1.82, 2.24) is 5.06 Å². The molecule has 70 heavy (non-hydrogen) atoms. The summed E-state index contributed by atoms with van der Waals surface area (Å²) in [6, 6.07) is 18.9. The highest BCUT2D eigenvalue weighted by Gasteiger charge is 2.46. The molecule has 4 aliphatic heterocycles. The number of benzene rings is 3. The predicted octanol–water partition coefficient (Wildman–Crippen LogP) is 7.71. The molecule has 16 nitrogen and oxygen atoms in total. The third-order valence-electron chi connectivity index (χ3n) is 12.9. The van der Waals surface area contributed by atoms with Crippen molar-refractivity contribution < 1.29 is 65.2 Å². The Balaban J connectivity index is 1.14. The second kappa shape index (κ2) is 23.1. The summed E-state index contributed by atoms with van der Waals surface area (Å²) >= 11 is 0. The van der Waals surface area contributed by atoms with E-state index in [1.54, 1.807) is 19.2 Å². The number of amides is 2. The smallest absolute Gasteiger partial charge is 0.333 e. The second-order valence-electron chi connectivity index (χ2n) is 18.7. The van der Waals surface area contributed by atoms with Crippen molar-refractivity contribution in [2.45, 2.75) is 89.0 Å². The number of imide groups is 1. The molecule has 0 spiro atoms. The Labute approximate surface area is 411 Å². The van der Waals surface area contributed by atoms with Gasteiger partial charge in [-0.05, 0) is 82.9 Å². The Hall–Kier alpha value is -5.53. The van der Waals surface area contributed by atoms with E-state index in [4.69, 9.17) is 33.3 Å². The molecule has 1 fully saturated rings.